The summed E-state index contributed by atoms with van der Waals surface area (Å²) in [5.41, 5.74) is 0.254. The van der Waals surface area contributed by atoms with Crippen LogP contribution in [0.5, 0.6) is 0 Å². The first kappa shape index (κ1) is 15.7. The lowest BCUT2D eigenvalue weighted by Gasteiger charge is -2.56. The van der Waals surface area contributed by atoms with Gasteiger partial charge in [-0.15, -0.1) is 0 Å². The molecule has 2 amide bonds. The minimum Gasteiger partial charge on any atom is -0.377 e. The first-order valence-electron chi connectivity index (χ1n) is 9.64. The van der Waals surface area contributed by atoms with Crippen LogP contribution in [0.15, 0.2) is 0 Å². The molecule has 2 heterocycles. The van der Waals surface area contributed by atoms with Crippen molar-refractivity contribution in [3.8, 4) is 0 Å². The van der Waals surface area contributed by atoms with Crippen LogP contribution in [0.25, 0.3) is 0 Å². The lowest BCUT2D eigenvalue weighted by Crippen LogP contribution is -2.69. The molecule has 5 nitrogen and oxygen atoms in total. The average Bonchev–Trinajstić information content (AvgIpc) is 3.22. The molecule has 0 aromatic heterocycles. The molecule has 0 radical (unpaired) electrons. The van der Waals surface area contributed by atoms with E-state index in [1.54, 1.807) is 0 Å². The third-order valence-electron chi connectivity index (χ3n) is 6.94. The summed E-state index contributed by atoms with van der Waals surface area (Å²) in [6.07, 6.45) is 8.74. The molecule has 0 unspecified atom stereocenters. The van der Waals surface area contributed by atoms with Gasteiger partial charge in [-0.1, -0.05) is 19.8 Å². The molecule has 2 aliphatic carbocycles. The van der Waals surface area contributed by atoms with E-state index in [-0.39, 0.29) is 11.4 Å². The Labute approximate surface area is 139 Å². The minimum atomic E-state index is 0.0570. The third-order valence-corrected chi connectivity index (χ3v) is 6.94. The van der Waals surface area contributed by atoms with Crippen molar-refractivity contribution in [3.63, 3.8) is 0 Å². The summed E-state index contributed by atoms with van der Waals surface area (Å²) < 4.78 is 6.00. The van der Waals surface area contributed by atoms with Gasteiger partial charge in [0, 0.05) is 43.1 Å². The van der Waals surface area contributed by atoms with Gasteiger partial charge >= 0.3 is 6.03 Å². The second-order valence-corrected chi connectivity index (χ2v) is 7.99. The summed E-state index contributed by atoms with van der Waals surface area (Å²) in [6, 6.07) is 0.739. The van der Waals surface area contributed by atoms with Gasteiger partial charge in [0.2, 0.25) is 0 Å². The molecule has 4 rings (SSSR count). The Morgan fingerprint density at radius 2 is 1.91 bits per heavy atom. The van der Waals surface area contributed by atoms with E-state index in [1.807, 2.05) is 0 Å². The maximum absolute atomic E-state index is 12.5. The van der Waals surface area contributed by atoms with E-state index < -0.39 is 0 Å². The maximum Gasteiger partial charge on any atom is 0.315 e. The zero-order chi connectivity index (χ0) is 15.9. The average molecular weight is 321 g/mol. The van der Waals surface area contributed by atoms with E-state index in [4.69, 9.17) is 4.74 Å². The van der Waals surface area contributed by atoms with Gasteiger partial charge in [0.25, 0.3) is 0 Å². The van der Waals surface area contributed by atoms with Crippen LogP contribution >= 0.6 is 0 Å². The Hall–Kier alpha value is -0.810. The van der Waals surface area contributed by atoms with E-state index >= 15 is 0 Å². The number of amides is 2. The summed E-state index contributed by atoms with van der Waals surface area (Å²) >= 11 is 0. The molecule has 4 fully saturated rings. The number of fused-ring (bicyclic) bond motifs is 2. The summed E-state index contributed by atoms with van der Waals surface area (Å²) in [5.74, 6) is 0.556. The van der Waals surface area contributed by atoms with Crippen LogP contribution < -0.4 is 10.6 Å². The Bertz CT molecular complexity index is 442. The molecule has 3 atom stereocenters. The molecule has 2 saturated heterocycles. The Morgan fingerprint density at radius 1 is 1.17 bits per heavy atom. The number of carbonyl (C=O) groups excluding carboxylic acids is 1. The Balaban J connectivity index is 1.32. The number of piperidine rings is 1. The highest BCUT2D eigenvalue weighted by atomic mass is 16.5. The number of hydrogen-bond donors (Lipinski definition) is 2. The van der Waals surface area contributed by atoms with Crippen LogP contribution in [0.1, 0.15) is 51.9 Å². The SMILES string of the molecule is CCN1CCC(NC(=O)N[C@@H]2[C@H]3CCO[C@H]3C23CCCC3)CC1. The number of carbonyl (C=O) groups is 1. The quantitative estimate of drug-likeness (QED) is 0.837. The summed E-state index contributed by atoms with van der Waals surface area (Å²) in [6.45, 7) is 6.41. The first-order chi connectivity index (χ1) is 11.2. The number of ether oxygens (including phenoxy) is 1. The lowest BCUT2D eigenvalue weighted by molar-refractivity contribution is -0.126. The molecule has 0 aromatic rings. The second-order valence-electron chi connectivity index (χ2n) is 7.99. The van der Waals surface area contributed by atoms with Gasteiger partial charge in [-0.2, -0.15) is 0 Å². The van der Waals surface area contributed by atoms with Gasteiger partial charge in [0.15, 0.2) is 0 Å². The molecule has 0 aromatic carbocycles. The predicted octanol–water partition coefficient (Wildman–Crippen LogP) is 2.12. The molecule has 0 bridgehead atoms. The van der Waals surface area contributed by atoms with Crippen LogP contribution in [0.4, 0.5) is 4.79 Å². The van der Waals surface area contributed by atoms with E-state index in [0.29, 0.717) is 24.1 Å². The van der Waals surface area contributed by atoms with Crippen LogP contribution in [-0.2, 0) is 4.74 Å². The van der Waals surface area contributed by atoms with Crippen LogP contribution in [0, 0.1) is 11.3 Å². The zero-order valence-corrected chi connectivity index (χ0v) is 14.4. The molecule has 2 N–H and O–H groups in total. The largest absolute Gasteiger partial charge is 0.377 e. The number of nitrogens with zero attached hydrogens (tertiary/aromatic N) is 1. The molecule has 23 heavy (non-hydrogen) atoms. The highest BCUT2D eigenvalue weighted by Gasteiger charge is 2.65. The minimum absolute atomic E-state index is 0.0570. The number of rotatable bonds is 3. The molecule has 2 aliphatic heterocycles. The van der Waals surface area contributed by atoms with Crippen LogP contribution in [-0.4, -0.2) is 55.4 Å². The third kappa shape index (κ3) is 2.66. The van der Waals surface area contributed by atoms with Crippen LogP contribution in [0.3, 0.4) is 0 Å². The summed E-state index contributed by atoms with van der Waals surface area (Å²) in [4.78, 5) is 15.0. The molecule has 2 saturated carbocycles. The van der Waals surface area contributed by atoms with Gasteiger partial charge in [-0.25, -0.2) is 4.79 Å². The number of urea groups is 1. The standard InChI is InChI=1S/C18H31N3O2/c1-2-21-10-5-13(6-11-21)19-17(22)20-15-14-7-12-23-16(14)18(15)8-3-4-9-18/h13-16H,2-12H2,1H3,(H2,19,20,22)/t14-,15-,16-/m1/s1. The smallest absolute Gasteiger partial charge is 0.315 e. The monoisotopic (exact) mass is 321 g/mol. The fourth-order valence-electron chi connectivity index (χ4n) is 5.67. The van der Waals surface area contributed by atoms with Crippen molar-refractivity contribution in [2.24, 2.45) is 11.3 Å². The summed E-state index contributed by atoms with van der Waals surface area (Å²) in [7, 11) is 0. The molecule has 4 aliphatic rings. The number of nitrogens with one attached hydrogen (secondary N) is 2. The summed E-state index contributed by atoms with van der Waals surface area (Å²) in [5, 5.41) is 6.58. The Kier molecular flexibility index (Phi) is 4.26. The van der Waals surface area contributed by atoms with Crippen molar-refractivity contribution < 1.29 is 9.53 Å². The zero-order valence-electron chi connectivity index (χ0n) is 14.4. The number of hydrogen-bond acceptors (Lipinski definition) is 3. The van der Waals surface area contributed by atoms with Crippen molar-refractivity contribution in [2.45, 2.75) is 70.1 Å². The van der Waals surface area contributed by atoms with Gasteiger partial charge in [0.05, 0.1) is 6.10 Å². The normalized spacial score (nSPS) is 36.7. The molecule has 1 spiro atoms. The molecular formula is C18H31N3O2. The van der Waals surface area contributed by atoms with E-state index in [0.717, 1.165) is 45.5 Å². The highest BCUT2D eigenvalue weighted by Crippen LogP contribution is 2.60. The van der Waals surface area contributed by atoms with Crippen LogP contribution in [0.2, 0.25) is 0 Å². The highest BCUT2D eigenvalue weighted by molar-refractivity contribution is 5.75. The topological polar surface area (TPSA) is 53.6 Å². The van der Waals surface area contributed by atoms with Crippen molar-refractivity contribution in [3.05, 3.63) is 0 Å². The van der Waals surface area contributed by atoms with Gasteiger partial charge in [0.1, 0.15) is 0 Å². The van der Waals surface area contributed by atoms with Gasteiger partial charge in [-0.05, 0) is 38.6 Å². The van der Waals surface area contributed by atoms with Crippen molar-refractivity contribution in [1.82, 2.24) is 15.5 Å². The first-order valence-corrected chi connectivity index (χ1v) is 9.64. The van der Waals surface area contributed by atoms with Crippen molar-refractivity contribution in [1.29, 1.82) is 0 Å². The van der Waals surface area contributed by atoms with Gasteiger partial charge < -0.3 is 20.3 Å². The Morgan fingerprint density at radius 3 is 2.61 bits per heavy atom. The number of likely N-dealkylation sites (tertiary alicyclic amines) is 1. The molecule has 5 heteroatoms. The van der Waals surface area contributed by atoms with Gasteiger partial charge in [-0.3, -0.25) is 0 Å². The van der Waals surface area contributed by atoms with E-state index in [9.17, 15) is 4.79 Å². The van der Waals surface area contributed by atoms with E-state index in [1.165, 1.54) is 25.7 Å². The maximum atomic E-state index is 12.5. The van der Waals surface area contributed by atoms with Crippen molar-refractivity contribution >= 4 is 6.03 Å². The fourth-order valence-corrected chi connectivity index (χ4v) is 5.67. The predicted molar refractivity (Wildman–Crippen MR) is 89.3 cm³/mol. The molecule has 130 valence electrons. The molecular weight excluding hydrogens is 290 g/mol. The fraction of sp³-hybridized carbons (Fsp3) is 0.944. The van der Waals surface area contributed by atoms with Crippen molar-refractivity contribution in [2.75, 3.05) is 26.2 Å². The van der Waals surface area contributed by atoms with E-state index in [2.05, 4.69) is 22.5 Å². The second kappa shape index (κ2) is 6.25. The lowest BCUT2D eigenvalue weighted by atomic mass is 9.54.